The Morgan fingerprint density at radius 2 is 1.05 bits per heavy atom. The predicted octanol–water partition coefficient (Wildman–Crippen LogP) is 11.4. The maximum Gasteiger partial charge on any atom is 0.146 e. The van der Waals surface area contributed by atoms with Crippen molar-refractivity contribution in [2.24, 2.45) is 0 Å². The topological polar surface area (TPSA) is 50.9 Å². The smallest absolute Gasteiger partial charge is 0.146 e. The summed E-state index contributed by atoms with van der Waals surface area (Å²) >= 11 is 0. The Bertz CT molecular complexity index is 1120. The van der Waals surface area contributed by atoms with E-state index in [2.05, 4.69) is 45.0 Å². The SMILES string of the molecule is CCCCCCCCCCCCc1cc(CCCCCCCCCCCC)c(O)c(-n2nc3ccc(C)cc3n2)c1. The number of aromatic hydroxyl groups is 1. The highest BCUT2D eigenvalue weighted by Crippen LogP contribution is 2.31. The van der Waals surface area contributed by atoms with Gasteiger partial charge in [-0.05, 0) is 67.5 Å². The summed E-state index contributed by atoms with van der Waals surface area (Å²) in [5.41, 5.74) is 6.00. The number of hydrogen-bond acceptors (Lipinski definition) is 3. The number of nitrogens with zero attached hydrogens (tertiary/aromatic N) is 3. The van der Waals surface area contributed by atoms with Gasteiger partial charge in [-0.1, -0.05) is 142 Å². The van der Waals surface area contributed by atoms with E-state index in [-0.39, 0.29) is 0 Å². The van der Waals surface area contributed by atoms with Crippen LogP contribution in [-0.4, -0.2) is 20.1 Å². The van der Waals surface area contributed by atoms with Crippen LogP contribution in [0.15, 0.2) is 30.3 Å². The first-order valence-electron chi connectivity index (χ1n) is 17.3. The van der Waals surface area contributed by atoms with E-state index in [1.54, 1.807) is 4.80 Å². The van der Waals surface area contributed by atoms with Gasteiger partial charge < -0.3 is 5.11 Å². The summed E-state index contributed by atoms with van der Waals surface area (Å²) in [6, 6.07) is 10.5. The number of fused-ring (bicyclic) bond motifs is 1. The van der Waals surface area contributed by atoms with Gasteiger partial charge in [-0.2, -0.15) is 0 Å². The van der Waals surface area contributed by atoms with E-state index in [9.17, 15) is 5.11 Å². The lowest BCUT2D eigenvalue weighted by molar-refractivity contribution is 0.458. The summed E-state index contributed by atoms with van der Waals surface area (Å²) in [6.45, 7) is 6.64. The Labute approximate surface area is 251 Å². The first kappa shape index (κ1) is 33.1. The van der Waals surface area contributed by atoms with Crippen LogP contribution >= 0.6 is 0 Å². The standard InChI is InChI=1S/C37H59N3O/c1-4-6-8-10-12-14-16-18-20-22-24-32-29-33(25-23-21-19-17-15-13-11-9-7-5-2)37(41)36(30-32)40-38-34-27-26-31(3)28-35(34)39-40/h26-30,41H,4-25H2,1-3H3. The van der Waals surface area contributed by atoms with Gasteiger partial charge in [0.1, 0.15) is 22.5 Å². The van der Waals surface area contributed by atoms with Crippen LogP contribution in [0.1, 0.15) is 159 Å². The van der Waals surface area contributed by atoms with Gasteiger partial charge in [0.15, 0.2) is 0 Å². The zero-order chi connectivity index (χ0) is 29.1. The lowest BCUT2D eigenvalue weighted by Crippen LogP contribution is -2.03. The molecule has 3 rings (SSSR count). The Morgan fingerprint density at radius 1 is 0.561 bits per heavy atom. The van der Waals surface area contributed by atoms with Gasteiger partial charge in [-0.3, -0.25) is 0 Å². The third-order valence-corrected chi connectivity index (χ3v) is 8.60. The molecule has 3 aromatic rings. The van der Waals surface area contributed by atoms with Gasteiger partial charge in [0.25, 0.3) is 0 Å². The number of phenols is 1. The molecule has 0 aliphatic carbocycles. The molecule has 0 amide bonds. The summed E-state index contributed by atoms with van der Waals surface area (Å²) in [4.78, 5) is 1.66. The average molecular weight is 562 g/mol. The van der Waals surface area contributed by atoms with E-state index in [1.807, 2.05) is 6.07 Å². The van der Waals surface area contributed by atoms with Crippen LogP contribution in [0.3, 0.4) is 0 Å². The van der Waals surface area contributed by atoms with E-state index >= 15 is 0 Å². The number of benzene rings is 2. The van der Waals surface area contributed by atoms with Gasteiger partial charge in [-0.25, -0.2) is 0 Å². The first-order chi connectivity index (χ1) is 20.1. The fraction of sp³-hybridized carbons (Fsp3) is 0.676. The highest BCUT2D eigenvalue weighted by atomic mass is 16.3. The summed E-state index contributed by atoms with van der Waals surface area (Å²) < 4.78 is 0. The molecule has 0 radical (unpaired) electrons. The van der Waals surface area contributed by atoms with E-state index in [4.69, 9.17) is 10.2 Å². The normalized spacial score (nSPS) is 11.6. The van der Waals surface area contributed by atoms with Crippen LogP contribution in [0.4, 0.5) is 0 Å². The molecule has 0 bridgehead atoms. The summed E-state index contributed by atoms with van der Waals surface area (Å²) in [5, 5.41) is 20.8. The van der Waals surface area contributed by atoms with Crippen molar-refractivity contribution >= 4 is 11.0 Å². The molecule has 1 heterocycles. The van der Waals surface area contributed by atoms with Crippen LogP contribution in [-0.2, 0) is 12.8 Å². The van der Waals surface area contributed by atoms with Crippen molar-refractivity contribution in [2.45, 2.75) is 162 Å². The van der Waals surface area contributed by atoms with E-state index in [0.717, 1.165) is 41.5 Å². The maximum absolute atomic E-state index is 11.3. The summed E-state index contributed by atoms with van der Waals surface area (Å²) in [6.07, 6.45) is 28.7. The van der Waals surface area contributed by atoms with Crippen LogP contribution in [0.2, 0.25) is 0 Å². The zero-order valence-electron chi connectivity index (χ0n) is 26.7. The fourth-order valence-electron chi connectivity index (χ4n) is 5.98. The second kappa shape index (κ2) is 19.7. The van der Waals surface area contributed by atoms with Gasteiger partial charge in [-0.15, -0.1) is 15.0 Å². The molecule has 2 aromatic carbocycles. The maximum atomic E-state index is 11.3. The van der Waals surface area contributed by atoms with Crippen LogP contribution < -0.4 is 0 Å². The molecule has 4 heteroatoms. The van der Waals surface area contributed by atoms with Crippen LogP contribution in [0, 0.1) is 6.92 Å². The van der Waals surface area contributed by atoms with Gasteiger partial charge in [0.2, 0.25) is 0 Å². The van der Waals surface area contributed by atoms with E-state index < -0.39 is 0 Å². The van der Waals surface area contributed by atoms with Crippen molar-refractivity contribution in [2.75, 3.05) is 0 Å². The lowest BCUT2D eigenvalue weighted by Gasteiger charge is -2.13. The molecule has 228 valence electrons. The Morgan fingerprint density at radius 3 is 1.61 bits per heavy atom. The summed E-state index contributed by atoms with van der Waals surface area (Å²) in [7, 11) is 0. The molecular weight excluding hydrogens is 502 g/mol. The minimum atomic E-state index is 0.352. The molecule has 0 saturated heterocycles. The highest BCUT2D eigenvalue weighted by molar-refractivity contribution is 5.75. The van der Waals surface area contributed by atoms with Gasteiger partial charge in [0.05, 0.1) is 0 Å². The highest BCUT2D eigenvalue weighted by Gasteiger charge is 2.15. The van der Waals surface area contributed by atoms with Crippen LogP contribution in [0.5, 0.6) is 5.75 Å². The lowest BCUT2D eigenvalue weighted by atomic mass is 9.98. The van der Waals surface area contributed by atoms with Crippen molar-refractivity contribution < 1.29 is 5.11 Å². The Kier molecular flexibility index (Phi) is 15.9. The number of rotatable bonds is 23. The second-order valence-electron chi connectivity index (χ2n) is 12.5. The molecule has 0 aliphatic heterocycles. The van der Waals surface area contributed by atoms with Crippen molar-refractivity contribution in [1.29, 1.82) is 0 Å². The molecule has 0 saturated carbocycles. The summed E-state index contributed by atoms with van der Waals surface area (Å²) in [5.74, 6) is 0.352. The molecule has 4 nitrogen and oxygen atoms in total. The first-order valence-corrected chi connectivity index (χ1v) is 17.3. The Hall–Kier alpha value is -2.36. The largest absolute Gasteiger partial charge is 0.505 e. The third kappa shape index (κ3) is 12.2. The number of aryl methyl sites for hydroxylation is 3. The van der Waals surface area contributed by atoms with E-state index in [0.29, 0.717) is 5.75 Å². The van der Waals surface area contributed by atoms with Gasteiger partial charge >= 0.3 is 0 Å². The van der Waals surface area contributed by atoms with Crippen LogP contribution in [0.25, 0.3) is 16.7 Å². The molecular formula is C37H59N3O. The minimum absolute atomic E-state index is 0.352. The molecule has 0 atom stereocenters. The number of unbranched alkanes of at least 4 members (excludes halogenated alkanes) is 18. The molecule has 0 spiro atoms. The van der Waals surface area contributed by atoms with E-state index in [1.165, 1.54) is 133 Å². The molecule has 1 N–H and O–H groups in total. The minimum Gasteiger partial charge on any atom is -0.505 e. The molecule has 0 aliphatic rings. The van der Waals surface area contributed by atoms with Crippen molar-refractivity contribution in [3.8, 4) is 11.4 Å². The van der Waals surface area contributed by atoms with Crippen molar-refractivity contribution in [3.63, 3.8) is 0 Å². The quantitative estimate of drug-likeness (QED) is 0.117. The monoisotopic (exact) mass is 561 g/mol. The number of aromatic nitrogens is 3. The second-order valence-corrected chi connectivity index (χ2v) is 12.5. The Balaban J connectivity index is 1.55. The molecule has 41 heavy (non-hydrogen) atoms. The molecule has 0 unspecified atom stereocenters. The molecule has 0 fully saturated rings. The van der Waals surface area contributed by atoms with Crippen molar-refractivity contribution in [1.82, 2.24) is 15.0 Å². The fourth-order valence-corrected chi connectivity index (χ4v) is 5.98. The van der Waals surface area contributed by atoms with Crippen molar-refractivity contribution in [3.05, 3.63) is 47.0 Å². The zero-order valence-corrected chi connectivity index (χ0v) is 26.7. The number of hydrogen-bond donors (Lipinski definition) is 1. The predicted molar refractivity (Wildman–Crippen MR) is 176 cm³/mol. The average Bonchev–Trinajstić information content (AvgIpc) is 3.39. The number of phenolic OH excluding ortho intramolecular Hbond substituents is 1. The van der Waals surface area contributed by atoms with Gasteiger partial charge in [0, 0.05) is 0 Å². The molecule has 1 aromatic heterocycles. The third-order valence-electron chi connectivity index (χ3n) is 8.60.